The van der Waals surface area contributed by atoms with Gasteiger partial charge in [-0.15, -0.1) is 0 Å². The molecule has 2 heterocycles. The van der Waals surface area contributed by atoms with Gasteiger partial charge in [-0.05, 0) is 135 Å². The molecule has 8 atom stereocenters. The van der Waals surface area contributed by atoms with Gasteiger partial charge in [0.25, 0.3) is 0 Å². The summed E-state index contributed by atoms with van der Waals surface area (Å²) < 4.78 is 25.6. The summed E-state index contributed by atoms with van der Waals surface area (Å²) in [6, 6.07) is 14.6. The lowest BCUT2D eigenvalue weighted by Crippen LogP contribution is -2.59. The van der Waals surface area contributed by atoms with Crippen LogP contribution in [0.4, 0.5) is 4.79 Å². The number of carbonyl (C=O) groups is 1. The Morgan fingerprint density at radius 2 is 1.10 bits per heavy atom. The van der Waals surface area contributed by atoms with Crippen LogP contribution in [0.2, 0.25) is 0 Å². The SMILES string of the molecule is O=C(OC(CC1CCC1)Oc1ccc2c(c1)[C@@]13CCCC[C@H]1[C@@H](C2)NCC3)OC(CC1CCC1)Oc1ccc2c(c1)[C@@]13CCCC[C@H]1[C@@H](C2)NCC3. The minimum atomic E-state index is -0.678. The normalized spacial score (nSPS) is 34.5. The lowest BCUT2D eigenvalue weighted by atomic mass is 9.53. The highest BCUT2D eigenvalue weighted by molar-refractivity contribution is 5.60. The number of benzene rings is 2. The standard InChI is InChI=1S/C45H60N2O5/c48-43(51-41(23-29-7-5-8-29)49-33-15-13-31-25-39-35-11-1-3-17-44(35,19-21-46-39)37(31)27-33)52-42(24-30-9-6-10-30)50-34-16-14-32-26-40-36-12-2-4-18-45(36,20-22-47-40)38(32)28-34/h13-16,27-30,35-36,39-42,46-47H,1-12,17-26H2/t35-,36-,39+,40+,41?,42?,44+,45+/m0/s1. The van der Waals surface area contributed by atoms with E-state index in [-0.39, 0.29) is 10.8 Å². The average molecular weight is 709 g/mol. The largest absolute Gasteiger partial charge is 0.514 e. The number of fused-ring (bicyclic) bond motifs is 2. The lowest BCUT2D eigenvalue weighted by molar-refractivity contribution is -0.123. The number of rotatable bonds is 10. The summed E-state index contributed by atoms with van der Waals surface area (Å²) >= 11 is 0. The summed E-state index contributed by atoms with van der Waals surface area (Å²) in [5.74, 6) is 4.08. The molecule has 2 aromatic carbocycles. The summed E-state index contributed by atoms with van der Waals surface area (Å²) in [6.45, 7) is 2.19. The van der Waals surface area contributed by atoms with E-state index >= 15 is 0 Å². The number of ether oxygens (including phenoxy) is 4. The smallest absolute Gasteiger partial charge is 0.455 e. The number of piperidine rings is 2. The molecule has 0 spiro atoms. The van der Waals surface area contributed by atoms with Gasteiger partial charge in [0.05, 0.1) is 0 Å². The van der Waals surface area contributed by atoms with Crippen LogP contribution >= 0.6 is 0 Å². The molecule has 2 N–H and O–H groups in total. The van der Waals surface area contributed by atoms with Crippen molar-refractivity contribution < 1.29 is 23.7 Å². The van der Waals surface area contributed by atoms with Gasteiger partial charge in [0, 0.05) is 35.8 Å². The second-order valence-corrected chi connectivity index (χ2v) is 18.3. The molecule has 0 aromatic heterocycles. The lowest BCUT2D eigenvalue weighted by Gasteiger charge is -2.56. The third kappa shape index (κ3) is 6.04. The van der Waals surface area contributed by atoms with Gasteiger partial charge in [-0.1, -0.05) is 76.3 Å². The topological polar surface area (TPSA) is 78.1 Å². The van der Waals surface area contributed by atoms with Crippen LogP contribution in [0.25, 0.3) is 0 Å². The quantitative estimate of drug-likeness (QED) is 0.188. The van der Waals surface area contributed by atoms with Crippen molar-refractivity contribution in [1.82, 2.24) is 10.6 Å². The van der Waals surface area contributed by atoms with Gasteiger partial charge in [-0.25, -0.2) is 4.79 Å². The third-order valence-corrected chi connectivity index (χ3v) is 15.7. The third-order valence-electron chi connectivity index (χ3n) is 15.7. The zero-order valence-electron chi connectivity index (χ0n) is 31.2. The number of hydrogen-bond acceptors (Lipinski definition) is 7. The molecule has 280 valence electrons. The van der Waals surface area contributed by atoms with Crippen LogP contribution in [0.1, 0.15) is 138 Å². The van der Waals surface area contributed by atoms with E-state index in [0.29, 0.717) is 48.6 Å². The van der Waals surface area contributed by atoms with Crippen molar-refractivity contribution in [3.63, 3.8) is 0 Å². The Hall–Kier alpha value is -2.77. The molecule has 4 bridgehead atoms. The van der Waals surface area contributed by atoms with Crippen molar-refractivity contribution in [2.75, 3.05) is 13.1 Å². The molecule has 2 saturated heterocycles. The molecule has 2 unspecified atom stereocenters. The predicted molar refractivity (Wildman–Crippen MR) is 201 cm³/mol. The van der Waals surface area contributed by atoms with Crippen molar-refractivity contribution in [2.24, 2.45) is 23.7 Å². The molecule has 2 aliphatic heterocycles. The van der Waals surface area contributed by atoms with E-state index in [1.54, 1.807) is 0 Å². The molecule has 7 nitrogen and oxygen atoms in total. The summed E-state index contributed by atoms with van der Waals surface area (Å²) in [5.41, 5.74) is 6.43. The van der Waals surface area contributed by atoms with Crippen LogP contribution in [-0.2, 0) is 33.1 Å². The minimum absolute atomic E-state index is 0.250. The van der Waals surface area contributed by atoms with Crippen molar-refractivity contribution in [3.8, 4) is 11.5 Å². The summed E-state index contributed by atoms with van der Waals surface area (Å²) in [5, 5.41) is 7.71. The first-order chi connectivity index (χ1) is 25.5. The molecule has 2 aromatic rings. The van der Waals surface area contributed by atoms with Crippen LogP contribution in [0.15, 0.2) is 36.4 Å². The summed E-state index contributed by atoms with van der Waals surface area (Å²) in [7, 11) is 0. The second-order valence-electron chi connectivity index (χ2n) is 18.3. The number of nitrogens with one attached hydrogen (secondary N) is 2. The predicted octanol–water partition coefficient (Wildman–Crippen LogP) is 9.02. The Bertz CT molecular complexity index is 1510. The first-order valence-electron chi connectivity index (χ1n) is 21.5. The molecule has 0 amide bonds. The maximum atomic E-state index is 13.7. The van der Waals surface area contributed by atoms with E-state index in [1.165, 1.54) is 99.3 Å². The van der Waals surface area contributed by atoms with Crippen molar-refractivity contribution in [3.05, 3.63) is 58.7 Å². The van der Waals surface area contributed by atoms with Crippen LogP contribution < -0.4 is 20.1 Å². The highest BCUT2D eigenvalue weighted by Gasteiger charge is 2.53. The summed E-state index contributed by atoms with van der Waals surface area (Å²) in [6.07, 6.45) is 21.5. The van der Waals surface area contributed by atoms with Gasteiger partial charge in [0.1, 0.15) is 11.5 Å². The molecular formula is C45H60N2O5. The first kappa shape index (κ1) is 33.8. The molecule has 8 aliphatic rings. The van der Waals surface area contributed by atoms with Crippen LogP contribution in [-0.4, -0.2) is 43.9 Å². The molecule has 7 heteroatoms. The van der Waals surface area contributed by atoms with Gasteiger partial charge in [0.15, 0.2) is 0 Å². The van der Waals surface area contributed by atoms with E-state index in [4.69, 9.17) is 18.9 Å². The van der Waals surface area contributed by atoms with Crippen molar-refractivity contribution >= 4 is 6.16 Å². The van der Waals surface area contributed by atoms with Gasteiger partial charge < -0.3 is 29.6 Å². The highest BCUT2D eigenvalue weighted by Crippen LogP contribution is 2.56. The zero-order chi connectivity index (χ0) is 34.7. The Morgan fingerprint density at radius 3 is 1.54 bits per heavy atom. The van der Waals surface area contributed by atoms with E-state index in [2.05, 4.69) is 47.0 Å². The Morgan fingerprint density at radius 1 is 0.615 bits per heavy atom. The molecule has 4 saturated carbocycles. The molecular weight excluding hydrogens is 649 g/mol. The van der Waals surface area contributed by atoms with Gasteiger partial charge in [-0.2, -0.15) is 0 Å². The fourth-order valence-corrected chi connectivity index (χ4v) is 12.7. The van der Waals surface area contributed by atoms with Crippen molar-refractivity contribution in [1.29, 1.82) is 0 Å². The van der Waals surface area contributed by atoms with Crippen LogP contribution in [0.3, 0.4) is 0 Å². The fourth-order valence-electron chi connectivity index (χ4n) is 12.7. The van der Waals surface area contributed by atoms with Crippen LogP contribution in [0, 0.1) is 23.7 Å². The van der Waals surface area contributed by atoms with E-state index in [9.17, 15) is 4.79 Å². The van der Waals surface area contributed by atoms with Crippen molar-refractivity contribution in [2.45, 2.75) is 164 Å². The minimum Gasteiger partial charge on any atom is -0.455 e. The van der Waals surface area contributed by atoms with Gasteiger partial charge >= 0.3 is 6.16 Å². The molecule has 6 fully saturated rings. The maximum absolute atomic E-state index is 13.7. The fraction of sp³-hybridized carbons (Fsp3) is 0.711. The Labute approximate surface area is 310 Å². The molecule has 6 aliphatic carbocycles. The number of carbonyl (C=O) groups excluding carboxylic acids is 1. The second kappa shape index (κ2) is 13.8. The van der Waals surface area contributed by atoms with Crippen LogP contribution in [0.5, 0.6) is 11.5 Å². The van der Waals surface area contributed by atoms with E-state index in [1.807, 2.05) is 0 Å². The summed E-state index contributed by atoms with van der Waals surface area (Å²) in [4.78, 5) is 13.7. The van der Waals surface area contributed by atoms with E-state index in [0.717, 1.165) is 63.1 Å². The number of hydrogen-bond donors (Lipinski definition) is 2. The maximum Gasteiger partial charge on any atom is 0.514 e. The van der Waals surface area contributed by atoms with Gasteiger partial charge in [-0.3, -0.25) is 0 Å². The average Bonchev–Trinajstić information content (AvgIpc) is 3.11. The Kier molecular flexibility index (Phi) is 8.98. The highest BCUT2D eigenvalue weighted by atomic mass is 16.8. The molecule has 52 heavy (non-hydrogen) atoms. The molecule has 10 rings (SSSR count). The monoisotopic (exact) mass is 708 g/mol. The first-order valence-corrected chi connectivity index (χ1v) is 21.5. The zero-order valence-corrected chi connectivity index (χ0v) is 31.2. The Balaban J connectivity index is 0.864. The molecule has 0 radical (unpaired) electrons. The van der Waals surface area contributed by atoms with E-state index < -0.39 is 18.7 Å². The van der Waals surface area contributed by atoms with Gasteiger partial charge in [0.2, 0.25) is 12.6 Å².